The lowest BCUT2D eigenvalue weighted by Crippen LogP contribution is -2.40. The minimum absolute atomic E-state index is 0.0550. The molecule has 3 rings (SSSR count). The van der Waals surface area contributed by atoms with Crippen LogP contribution in [-0.2, 0) is 9.84 Å². The molecule has 1 aliphatic rings. The Morgan fingerprint density at radius 3 is 2.58 bits per heavy atom. The molecule has 0 bridgehead atoms. The van der Waals surface area contributed by atoms with Gasteiger partial charge in [-0.1, -0.05) is 4.49 Å². The van der Waals surface area contributed by atoms with Gasteiger partial charge in [0.05, 0.1) is 5.69 Å². The molecule has 0 unspecified atom stereocenters. The Labute approximate surface area is 155 Å². The number of nitrogens with one attached hydrogen (secondary N) is 1. The third kappa shape index (κ3) is 3.56. The molecule has 1 amide bonds. The number of carbonyl (C=O) groups excluding carboxylic acids is 1. The van der Waals surface area contributed by atoms with Gasteiger partial charge >= 0.3 is 0 Å². The zero-order chi connectivity index (χ0) is 19.1. The lowest BCUT2D eigenvalue weighted by molar-refractivity contribution is 0.0709. The van der Waals surface area contributed by atoms with Crippen molar-refractivity contribution in [3.8, 4) is 0 Å². The molecule has 1 fully saturated rings. The first-order valence-electron chi connectivity index (χ1n) is 8.20. The Balaban J connectivity index is 1.75. The van der Waals surface area contributed by atoms with E-state index in [4.69, 9.17) is 0 Å². The Hall–Kier alpha value is -2.07. The van der Waals surface area contributed by atoms with Gasteiger partial charge in [0.15, 0.2) is 14.0 Å². The molecule has 3 heterocycles. The third-order valence-electron chi connectivity index (χ3n) is 4.72. The minimum Gasteiger partial charge on any atom is -0.338 e. The molecular weight excluding hydrogens is 376 g/mol. The second-order valence-corrected chi connectivity index (χ2v) is 9.57. The van der Waals surface area contributed by atoms with Crippen LogP contribution >= 0.6 is 11.5 Å². The van der Waals surface area contributed by atoms with Gasteiger partial charge in [0.2, 0.25) is 0 Å². The predicted molar refractivity (Wildman–Crippen MR) is 97.4 cm³/mol. The first-order chi connectivity index (χ1) is 12.2. The fraction of sp³-hybridized carbons (Fsp3) is 0.500. The highest BCUT2D eigenvalue weighted by atomic mass is 32.2. The number of sulfone groups is 1. The molecule has 2 aromatic rings. The van der Waals surface area contributed by atoms with Crippen molar-refractivity contribution in [2.75, 3.05) is 19.3 Å². The van der Waals surface area contributed by atoms with E-state index in [0.29, 0.717) is 31.6 Å². The number of aromatic amines is 1. The maximum absolute atomic E-state index is 12.7. The van der Waals surface area contributed by atoms with Crippen molar-refractivity contribution < 1.29 is 13.2 Å². The summed E-state index contributed by atoms with van der Waals surface area (Å²) in [7, 11) is -3.36. The largest absolute Gasteiger partial charge is 0.338 e. The number of aryl methyl sites for hydroxylation is 2. The number of hydrogen-bond donors (Lipinski definition) is 1. The number of rotatable bonds is 3. The predicted octanol–water partition coefficient (Wildman–Crippen LogP) is 1.27. The molecule has 0 aliphatic carbocycles. The normalized spacial score (nSPS) is 16.0. The van der Waals surface area contributed by atoms with Crippen molar-refractivity contribution in [1.82, 2.24) is 19.5 Å². The fourth-order valence-corrected chi connectivity index (χ4v) is 4.84. The van der Waals surface area contributed by atoms with E-state index in [2.05, 4.69) is 14.6 Å². The van der Waals surface area contributed by atoms with Crippen LogP contribution in [0, 0.1) is 13.8 Å². The second kappa shape index (κ2) is 6.92. The molecule has 0 spiro atoms. The van der Waals surface area contributed by atoms with Crippen LogP contribution in [-0.4, -0.2) is 53.1 Å². The lowest BCUT2D eigenvalue weighted by atomic mass is 9.94. The molecule has 0 aromatic carbocycles. The van der Waals surface area contributed by atoms with Crippen molar-refractivity contribution in [3.05, 3.63) is 38.9 Å². The summed E-state index contributed by atoms with van der Waals surface area (Å²) in [6.07, 6.45) is 2.32. The summed E-state index contributed by atoms with van der Waals surface area (Å²) >= 11 is 0.884. The van der Waals surface area contributed by atoms with E-state index in [0.717, 1.165) is 29.0 Å². The monoisotopic (exact) mass is 396 g/mol. The van der Waals surface area contributed by atoms with Gasteiger partial charge in [0, 0.05) is 42.5 Å². The van der Waals surface area contributed by atoms with Crippen LogP contribution in [0.3, 0.4) is 0 Å². The number of piperidine rings is 1. The number of H-pyrrole nitrogens is 1. The molecule has 0 saturated carbocycles. The maximum Gasteiger partial charge on any atom is 0.261 e. The molecule has 26 heavy (non-hydrogen) atoms. The quantitative estimate of drug-likeness (QED) is 0.836. The van der Waals surface area contributed by atoms with E-state index < -0.39 is 9.84 Å². The van der Waals surface area contributed by atoms with Crippen molar-refractivity contribution >= 4 is 27.3 Å². The highest BCUT2D eigenvalue weighted by molar-refractivity contribution is 7.92. The van der Waals surface area contributed by atoms with E-state index in [-0.39, 0.29) is 27.2 Å². The van der Waals surface area contributed by atoms with Crippen LogP contribution in [0.1, 0.15) is 46.1 Å². The van der Waals surface area contributed by atoms with Crippen LogP contribution in [0.4, 0.5) is 0 Å². The minimum atomic E-state index is -3.36. The van der Waals surface area contributed by atoms with Gasteiger partial charge in [-0.2, -0.15) is 0 Å². The van der Waals surface area contributed by atoms with Crippen molar-refractivity contribution in [3.63, 3.8) is 0 Å². The fourth-order valence-electron chi connectivity index (χ4n) is 3.11. The molecule has 0 radical (unpaired) electrons. The van der Waals surface area contributed by atoms with Crippen molar-refractivity contribution in [2.24, 2.45) is 0 Å². The summed E-state index contributed by atoms with van der Waals surface area (Å²) in [5.74, 6) is -0.354. The van der Waals surface area contributed by atoms with Crippen LogP contribution in [0.25, 0.3) is 0 Å². The molecule has 2 aromatic heterocycles. The summed E-state index contributed by atoms with van der Waals surface area (Å²) < 4.78 is 27.7. The average Bonchev–Trinajstić information content (AvgIpc) is 3.08. The summed E-state index contributed by atoms with van der Waals surface area (Å²) in [5, 5.41) is 4.00. The summed E-state index contributed by atoms with van der Waals surface area (Å²) in [4.78, 5) is 29.1. The zero-order valence-corrected chi connectivity index (χ0v) is 16.4. The maximum atomic E-state index is 12.7. The first-order valence-corrected chi connectivity index (χ1v) is 10.9. The number of nitrogens with zero attached hydrogens (tertiary/aromatic N) is 3. The van der Waals surface area contributed by atoms with Gasteiger partial charge in [0.25, 0.3) is 11.5 Å². The highest BCUT2D eigenvalue weighted by Gasteiger charge is 2.31. The van der Waals surface area contributed by atoms with Gasteiger partial charge in [-0.3, -0.25) is 9.59 Å². The number of likely N-dealkylation sites (tertiary alicyclic amines) is 1. The van der Waals surface area contributed by atoms with E-state index in [1.54, 1.807) is 17.9 Å². The highest BCUT2D eigenvalue weighted by Crippen LogP contribution is 2.32. The van der Waals surface area contributed by atoms with Crippen LogP contribution < -0.4 is 5.56 Å². The van der Waals surface area contributed by atoms with Crippen LogP contribution in [0.5, 0.6) is 0 Å². The number of amides is 1. The molecule has 10 heteroatoms. The molecule has 1 aliphatic heterocycles. The van der Waals surface area contributed by atoms with E-state index in [1.165, 1.54) is 0 Å². The second-order valence-electron chi connectivity index (χ2n) is 6.60. The summed E-state index contributed by atoms with van der Waals surface area (Å²) in [6.45, 7) is 4.52. The van der Waals surface area contributed by atoms with Crippen LogP contribution in [0.15, 0.2) is 15.1 Å². The lowest BCUT2D eigenvalue weighted by Gasteiger charge is -2.31. The molecule has 8 nitrogen and oxygen atoms in total. The number of aromatic nitrogens is 3. The van der Waals surface area contributed by atoms with Crippen molar-refractivity contribution in [1.29, 1.82) is 0 Å². The Morgan fingerprint density at radius 1 is 1.31 bits per heavy atom. The standard InChI is InChI=1S/C16H20N4O4S2/c1-9-8-12(14(21)17-10(9)2)15(22)20-6-4-11(5-7-20)13-16(25-19-18-13)26(3,23)24/h8,11H,4-7H2,1-3H3,(H,17,21). The topological polar surface area (TPSA) is 113 Å². The van der Waals surface area contributed by atoms with Crippen LogP contribution in [0.2, 0.25) is 0 Å². The molecular formula is C16H20N4O4S2. The van der Waals surface area contributed by atoms with Gasteiger partial charge in [0.1, 0.15) is 5.56 Å². The van der Waals surface area contributed by atoms with Gasteiger partial charge < -0.3 is 9.88 Å². The smallest absolute Gasteiger partial charge is 0.261 e. The molecule has 1 saturated heterocycles. The summed E-state index contributed by atoms with van der Waals surface area (Å²) in [5.41, 5.74) is 1.85. The van der Waals surface area contributed by atoms with E-state index in [9.17, 15) is 18.0 Å². The first kappa shape index (κ1) is 18.7. The number of carbonyl (C=O) groups is 1. The zero-order valence-electron chi connectivity index (χ0n) is 14.8. The van der Waals surface area contributed by atoms with Gasteiger partial charge in [-0.05, 0) is 38.3 Å². The average molecular weight is 396 g/mol. The SMILES string of the molecule is Cc1cc(C(=O)N2CCC(c3nnsc3S(C)(=O)=O)CC2)c(=O)[nH]c1C. The van der Waals surface area contributed by atoms with E-state index >= 15 is 0 Å². The third-order valence-corrected chi connectivity index (χ3v) is 7.27. The molecule has 0 atom stereocenters. The number of hydrogen-bond acceptors (Lipinski definition) is 7. The summed E-state index contributed by atoms with van der Waals surface area (Å²) in [6, 6.07) is 1.62. The molecule has 1 N–H and O–H groups in total. The molecule has 140 valence electrons. The van der Waals surface area contributed by atoms with E-state index in [1.807, 2.05) is 6.92 Å². The Morgan fingerprint density at radius 2 is 1.96 bits per heavy atom. The Kier molecular flexibility index (Phi) is 4.98. The van der Waals surface area contributed by atoms with Crippen molar-refractivity contribution in [2.45, 2.75) is 36.8 Å². The number of pyridine rings is 1. The Bertz CT molecular complexity index is 1000. The van der Waals surface area contributed by atoms with Gasteiger partial charge in [-0.15, -0.1) is 5.10 Å². The van der Waals surface area contributed by atoms with Gasteiger partial charge in [-0.25, -0.2) is 8.42 Å².